The van der Waals surface area contributed by atoms with E-state index in [4.69, 9.17) is 5.73 Å². The van der Waals surface area contributed by atoms with Crippen LogP contribution in [0.25, 0.3) is 10.1 Å². The Hall–Kier alpha value is -1.71. The quantitative estimate of drug-likeness (QED) is 0.776. The maximum Gasteiger partial charge on any atom is 0.0457 e. The van der Waals surface area contributed by atoms with Crippen molar-refractivity contribution < 1.29 is 0 Å². The average molecular weight is 268 g/mol. The summed E-state index contributed by atoms with van der Waals surface area (Å²) in [6, 6.07) is 14.7. The van der Waals surface area contributed by atoms with E-state index < -0.39 is 0 Å². The van der Waals surface area contributed by atoms with Crippen LogP contribution in [0.1, 0.15) is 29.3 Å². The molecule has 2 aromatic heterocycles. The molecule has 19 heavy (non-hydrogen) atoms. The number of nitrogens with zero attached hydrogens (tertiary/aromatic N) is 1. The molecule has 2 heterocycles. The fraction of sp³-hybridized carbons (Fsp3) is 0.188. The molecule has 3 aromatic rings. The second-order valence-electron chi connectivity index (χ2n) is 4.78. The minimum Gasteiger partial charge on any atom is -0.323 e. The Bertz CT molecular complexity index is 642. The van der Waals surface area contributed by atoms with Gasteiger partial charge in [-0.2, -0.15) is 0 Å². The lowest BCUT2D eigenvalue weighted by Gasteiger charge is -2.18. The molecule has 0 saturated heterocycles. The molecule has 1 aromatic carbocycles. The smallest absolute Gasteiger partial charge is 0.0457 e. The number of hydrogen-bond donors (Lipinski definition) is 1. The number of aromatic nitrogens is 1. The highest BCUT2D eigenvalue weighted by Gasteiger charge is 2.18. The zero-order chi connectivity index (χ0) is 13.2. The molecule has 96 valence electrons. The number of thiophene rings is 1. The summed E-state index contributed by atoms with van der Waals surface area (Å²) in [6.45, 7) is 2.17. The van der Waals surface area contributed by atoms with Crippen molar-refractivity contribution in [3.8, 4) is 0 Å². The first-order valence-electron chi connectivity index (χ1n) is 6.39. The van der Waals surface area contributed by atoms with Crippen molar-refractivity contribution in [3.05, 3.63) is 65.3 Å². The minimum absolute atomic E-state index is 0.0276. The Balaban J connectivity index is 1.93. The van der Waals surface area contributed by atoms with E-state index in [0.717, 1.165) is 0 Å². The van der Waals surface area contributed by atoms with Crippen LogP contribution >= 0.6 is 11.3 Å². The summed E-state index contributed by atoms with van der Waals surface area (Å²) < 4.78 is 1.30. The van der Waals surface area contributed by atoms with E-state index in [1.165, 1.54) is 20.5 Å². The molecule has 0 amide bonds. The van der Waals surface area contributed by atoms with Gasteiger partial charge in [0.25, 0.3) is 0 Å². The van der Waals surface area contributed by atoms with Crippen LogP contribution in [0.4, 0.5) is 0 Å². The zero-order valence-electron chi connectivity index (χ0n) is 10.8. The monoisotopic (exact) mass is 268 g/mol. The van der Waals surface area contributed by atoms with Gasteiger partial charge >= 0.3 is 0 Å². The van der Waals surface area contributed by atoms with Crippen molar-refractivity contribution in [2.75, 3.05) is 0 Å². The number of rotatable bonds is 3. The standard InChI is InChI=1S/C16H16N2S/c1-11(12-6-8-18-9-7-12)16(17)15-10-13-4-2-3-5-14(13)19-15/h2-11,16H,17H2,1H3. The minimum atomic E-state index is 0.0276. The normalized spacial score (nSPS) is 14.4. The van der Waals surface area contributed by atoms with Gasteiger partial charge in [0.1, 0.15) is 0 Å². The Morgan fingerprint density at radius 2 is 1.84 bits per heavy atom. The SMILES string of the molecule is CC(c1ccncc1)C(N)c1cc2ccccc2s1. The number of pyridine rings is 1. The van der Waals surface area contributed by atoms with Crippen LogP contribution < -0.4 is 5.73 Å². The van der Waals surface area contributed by atoms with Gasteiger partial charge in [0.2, 0.25) is 0 Å². The zero-order valence-corrected chi connectivity index (χ0v) is 11.6. The van der Waals surface area contributed by atoms with Crippen LogP contribution in [0, 0.1) is 0 Å². The second kappa shape index (κ2) is 5.11. The molecule has 0 aliphatic rings. The van der Waals surface area contributed by atoms with Crippen LogP contribution in [-0.2, 0) is 0 Å². The first-order chi connectivity index (χ1) is 9.25. The summed E-state index contributed by atoms with van der Waals surface area (Å²) in [7, 11) is 0. The first kappa shape index (κ1) is 12.3. The fourth-order valence-electron chi connectivity index (χ4n) is 2.29. The van der Waals surface area contributed by atoms with Gasteiger partial charge in [-0.05, 0) is 35.2 Å². The van der Waals surface area contributed by atoms with Crippen molar-refractivity contribution in [1.29, 1.82) is 0 Å². The fourth-order valence-corrected chi connectivity index (χ4v) is 3.46. The van der Waals surface area contributed by atoms with Crippen LogP contribution in [-0.4, -0.2) is 4.98 Å². The number of hydrogen-bond acceptors (Lipinski definition) is 3. The van der Waals surface area contributed by atoms with E-state index in [0.29, 0.717) is 0 Å². The lowest BCUT2D eigenvalue weighted by molar-refractivity contribution is 0.607. The molecule has 0 saturated carbocycles. The molecule has 0 radical (unpaired) electrons. The van der Waals surface area contributed by atoms with E-state index in [9.17, 15) is 0 Å². The molecule has 2 nitrogen and oxygen atoms in total. The summed E-state index contributed by atoms with van der Waals surface area (Å²) in [5.41, 5.74) is 7.66. The summed E-state index contributed by atoms with van der Waals surface area (Å²) >= 11 is 1.79. The molecule has 0 aliphatic carbocycles. The van der Waals surface area contributed by atoms with Crippen LogP contribution in [0.5, 0.6) is 0 Å². The van der Waals surface area contributed by atoms with Crippen LogP contribution in [0.3, 0.4) is 0 Å². The molecule has 0 aliphatic heterocycles. The van der Waals surface area contributed by atoms with E-state index in [1.807, 2.05) is 24.5 Å². The average Bonchev–Trinajstić information content (AvgIpc) is 2.90. The maximum absolute atomic E-state index is 6.42. The highest BCUT2D eigenvalue weighted by Crippen LogP contribution is 2.35. The summed E-state index contributed by atoms with van der Waals surface area (Å²) in [6.07, 6.45) is 3.65. The molecule has 3 heteroatoms. The lowest BCUT2D eigenvalue weighted by atomic mass is 9.93. The highest BCUT2D eigenvalue weighted by atomic mass is 32.1. The largest absolute Gasteiger partial charge is 0.323 e. The van der Waals surface area contributed by atoms with E-state index in [2.05, 4.69) is 42.2 Å². The molecule has 0 bridgehead atoms. The van der Waals surface area contributed by atoms with Crippen LogP contribution in [0.2, 0.25) is 0 Å². The Morgan fingerprint density at radius 1 is 1.11 bits per heavy atom. The van der Waals surface area contributed by atoms with Gasteiger partial charge in [-0.15, -0.1) is 11.3 Å². The predicted molar refractivity (Wildman–Crippen MR) is 81.4 cm³/mol. The molecule has 2 N–H and O–H groups in total. The molecule has 3 rings (SSSR count). The topological polar surface area (TPSA) is 38.9 Å². The third-order valence-electron chi connectivity index (χ3n) is 3.54. The van der Waals surface area contributed by atoms with Gasteiger partial charge in [0.05, 0.1) is 0 Å². The van der Waals surface area contributed by atoms with Crippen molar-refractivity contribution in [2.24, 2.45) is 5.73 Å². The Kier molecular flexibility index (Phi) is 3.32. The lowest BCUT2D eigenvalue weighted by Crippen LogP contribution is -2.16. The Morgan fingerprint density at radius 3 is 2.58 bits per heavy atom. The predicted octanol–water partition coefficient (Wildman–Crippen LogP) is 4.10. The van der Waals surface area contributed by atoms with E-state index in [-0.39, 0.29) is 12.0 Å². The molecule has 2 atom stereocenters. The van der Waals surface area contributed by atoms with Crippen molar-refractivity contribution >= 4 is 21.4 Å². The summed E-state index contributed by atoms with van der Waals surface area (Å²) in [4.78, 5) is 5.30. The highest BCUT2D eigenvalue weighted by molar-refractivity contribution is 7.19. The molecular formula is C16H16N2S. The first-order valence-corrected chi connectivity index (χ1v) is 7.21. The van der Waals surface area contributed by atoms with Gasteiger partial charge in [-0.3, -0.25) is 4.98 Å². The van der Waals surface area contributed by atoms with E-state index >= 15 is 0 Å². The summed E-state index contributed by atoms with van der Waals surface area (Å²) in [5.74, 6) is 0.288. The molecule has 0 fully saturated rings. The van der Waals surface area contributed by atoms with Gasteiger partial charge in [0.15, 0.2) is 0 Å². The molecular weight excluding hydrogens is 252 g/mol. The number of benzene rings is 1. The number of nitrogens with two attached hydrogens (primary N) is 1. The third kappa shape index (κ3) is 2.39. The molecule has 0 spiro atoms. The van der Waals surface area contributed by atoms with Crippen LogP contribution in [0.15, 0.2) is 54.9 Å². The summed E-state index contributed by atoms with van der Waals surface area (Å²) in [5, 5.41) is 1.28. The third-order valence-corrected chi connectivity index (χ3v) is 4.76. The van der Waals surface area contributed by atoms with E-state index in [1.54, 1.807) is 11.3 Å². The van der Waals surface area contributed by atoms with Crippen molar-refractivity contribution in [1.82, 2.24) is 4.98 Å². The van der Waals surface area contributed by atoms with Crippen molar-refractivity contribution in [2.45, 2.75) is 18.9 Å². The Labute approximate surface area is 116 Å². The van der Waals surface area contributed by atoms with Gasteiger partial charge in [-0.1, -0.05) is 25.1 Å². The van der Waals surface area contributed by atoms with Gasteiger partial charge in [-0.25, -0.2) is 0 Å². The second-order valence-corrected chi connectivity index (χ2v) is 5.90. The molecule has 2 unspecified atom stereocenters. The number of fused-ring (bicyclic) bond motifs is 1. The van der Waals surface area contributed by atoms with Gasteiger partial charge < -0.3 is 5.73 Å². The van der Waals surface area contributed by atoms with Gasteiger partial charge in [0, 0.05) is 33.9 Å². The maximum atomic E-state index is 6.42. The van der Waals surface area contributed by atoms with Crippen molar-refractivity contribution in [3.63, 3.8) is 0 Å².